The van der Waals surface area contributed by atoms with Crippen LogP contribution < -0.4 is 0 Å². The van der Waals surface area contributed by atoms with Gasteiger partial charge < -0.3 is 4.84 Å². The van der Waals surface area contributed by atoms with Gasteiger partial charge in [0.15, 0.2) is 0 Å². The summed E-state index contributed by atoms with van der Waals surface area (Å²) in [5.41, 5.74) is 0. The molecule has 0 N–H and O–H groups in total. The summed E-state index contributed by atoms with van der Waals surface area (Å²) in [5, 5.41) is 5.81. The molecule has 0 aliphatic carbocycles. The summed E-state index contributed by atoms with van der Waals surface area (Å²) < 4.78 is 0. The Balaban J connectivity index is 2.23. The molecule has 0 aliphatic rings. The van der Waals surface area contributed by atoms with E-state index in [4.69, 9.17) is 4.84 Å². The van der Waals surface area contributed by atoms with E-state index >= 15 is 0 Å². The highest BCUT2D eigenvalue weighted by atomic mass is 32.1. The van der Waals surface area contributed by atoms with Crippen LogP contribution in [0.15, 0.2) is 22.7 Å². The molecule has 2 nitrogen and oxygen atoms in total. The molecule has 0 bridgehead atoms. The lowest BCUT2D eigenvalue weighted by atomic mass is 10.4. The maximum absolute atomic E-state index is 4.81. The Kier molecular flexibility index (Phi) is 3.69. The smallest absolute Gasteiger partial charge is 0.114 e. The van der Waals surface area contributed by atoms with E-state index in [1.54, 1.807) is 17.6 Å². The average molecular weight is 169 g/mol. The van der Waals surface area contributed by atoms with Crippen molar-refractivity contribution in [2.75, 3.05) is 6.61 Å². The Labute approximate surface area is 70.5 Å². The third kappa shape index (κ3) is 3.18. The number of nitrogens with zero attached hydrogens (tertiary/aromatic N) is 1. The van der Waals surface area contributed by atoms with Crippen molar-refractivity contribution in [2.45, 2.75) is 13.3 Å². The fraction of sp³-hybridized carbons (Fsp3) is 0.375. The summed E-state index contributed by atoms with van der Waals surface area (Å²) in [5.74, 6) is 0. The van der Waals surface area contributed by atoms with Gasteiger partial charge in [-0.15, -0.1) is 11.3 Å². The Hall–Kier alpha value is -0.830. The molecule has 3 heteroatoms. The van der Waals surface area contributed by atoms with Crippen LogP contribution in [0.4, 0.5) is 0 Å². The van der Waals surface area contributed by atoms with E-state index in [0.717, 1.165) is 6.42 Å². The summed E-state index contributed by atoms with van der Waals surface area (Å²) in [6.07, 6.45) is 2.66. The number of oxime groups is 1. The number of hydrogen-bond donors (Lipinski definition) is 0. The largest absolute Gasteiger partial charge is 0.396 e. The molecule has 0 aromatic carbocycles. The second-order valence-corrected chi connectivity index (χ2v) is 3.02. The van der Waals surface area contributed by atoms with Gasteiger partial charge in [0.05, 0.1) is 0 Å². The minimum absolute atomic E-state index is 0.640. The average Bonchev–Trinajstić information content (AvgIpc) is 2.50. The molecule has 0 fully saturated rings. The van der Waals surface area contributed by atoms with Crippen molar-refractivity contribution in [3.8, 4) is 0 Å². The molecule has 11 heavy (non-hydrogen) atoms. The van der Waals surface area contributed by atoms with E-state index in [-0.39, 0.29) is 0 Å². The molecule has 0 spiro atoms. The van der Waals surface area contributed by atoms with Crippen LogP contribution in [-0.2, 0) is 11.3 Å². The van der Waals surface area contributed by atoms with Crippen molar-refractivity contribution in [2.24, 2.45) is 5.16 Å². The summed E-state index contributed by atoms with van der Waals surface area (Å²) in [4.78, 5) is 6.12. The highest BCUT2D eigenvalue weighted by Crippen LogP contribution is 2.07. The summed E-state index contributed by atoms with van der Waals surface area (Å²) in [7, 11) is 0. The van der Waals surface area contributed by atoms with Crippen LogP contribution in [0.1, 0.15) is 11.8 Å². The van der Waals surface area contributed by atoms with Gasteiger partial charge >= 0.3 is 0 Å². The monoisotopic (exact) mass is 169 g/mol. The van der Waals surface area contributed by atoms with Crippen LogP contribution in [0.5, 0.6) is 0 Å². The van der Waals surface area contributed by atoms with Gasteiger partial charge in [-0.1, -0.05) is 11.2 Å². The SMILES string of the molecule is CCON=CCc1cccs1. The van der Waals surface area contributed by atoms with E-state index in [1.165, 1.54) is 4.88 Å². The fourth-order valence-corrected chi connectivity index (χ4v) is 1.34. The first-order chi connectivity index (χ1) is 5.43. The molecule has 0 radical (unpaired) electrons. The van der Waals surface area contributed by atoms with Gasteiger partial charge in [-0.3, -0.25) is 0 Å². The fourth-order valence-electron chi connectivity index (χ4n) is 0.683. The Bertz CT molecular complexity index is 206. The molecule has 0 aliphatic heterocycles. The van der Waals surface area contributed by atoms with Crippen molar-refractivity contribution in [1.29, 1.82) is 0 Å². The third-order valence-corrected chi connectivity index (χ3v) is 2.05. The maximum atomic E-state index is 4.81. The molecular formula is C8H11NOS. The molecule has 0 saturated carbocycles. The van der Waals surface area contributed by atoms with E-state index in [1.807, 2.05) is 13.0 Å². The van der Waals surface area contributed by atoms with Gasteiger partial charge in [0.2, 0.25) is 0 Å². The summed E-state index contributed by atoms with van der Waals surface area (Å²) in [6, 6.07) is 4.12. The first kappa shape index (κ1) is 8.27. The molecular weight excluding hydrogens is 158 g/mol. The molecule has 1 aromatic rings. The van der Waals surface area contributed by atoms with E-state index in [0.29, 0.717) is 6.61 Å². The van der Waals surface area contributed by atoms with Crippen molar-refractivity contribution in [1.82, 2.24) is 0 Å². The quantitative estimate of drug-likeness (QED) is 0.500. The van der Waals surface area contributed by atoms with Crippen LogP contribution in [0, 0.1) is 0 Å². The van der Waals surface area contributed by atoms with Gasteiger partial charge in [0.25, 0.3) is 0 Å². The van der Waals surface area contributed by atoms with Gasteiger partial charge in [-0.2, -0.15) is 0 Å². The van der Waals surface area contributed by atoms with E-state index in [2.05, 4.69) is 16.6 Å². The van der Waals surface area contributed by atoms with Crippen molar-refractivity contribution < 1.29 is 4.84 Å². The van der Waals surface area contributed by atoms with Gasteiger partial charge in [0.1, 0.15) is 6.61 Å². The maximum Gasteiger partial charge on any atom is 0.114 e. The predicted molar refractivity (Wildman–Crippen MR) is 48.1 cm³/mol. The number of thiophene rings is 1. The van der Waals surface area contributed by atoms with Crippen LogP contribution in [0.25, 0.3) is 0 Å². The van der Waals surface area contributed by atoms with Crippen molar-refractivity contribution in [3.63, 3.8) is 0 Å². The molecule has 0 saturated heterocycles. The zero-order valence-corrected chi connectivity index (χ0v) is 7.30. The topological polar surface area (TPSA) is 21.6 Å². The third-order valence-electron chi connectivity index (χ3n) is 1.15. The van der Waals surface area contributed by atoms with Crippen LogP contribution in [0.2, 0.25) is 0 Å². The minimum atomic E-state index is 0.640. The Morgan fingerprint density at radius 3 is 3.27 bits per heavy atom. The summed E-state index contributed by atoms with van der Waals surface area (Å²) in [6.45, 7) is 2.56. The van der Waals surface area contributed by atoms with Crippen molar-refractivity contribution in [3.05, 3.63) is 22.4 Å². The molecule has 1 rings (SSSR count). The van der Waals surface area contributed by atoms with Crippen molar-refractivity contribution >= 4 is 17.6 Å². The van der Waals surface area contributed by atoms with Gasteiger partial charge in [-0.05, 0) is 18.4 Å². The molecule has 0 unspecified atom stereocenters. The first-order valence-electron chi connectivity index (χ1n) is 3.59. The molecule has 1 heterocycles. The zero-order chi connectivity index (χ0) is 7.94. The predicted octanol–water partition coefficient (Wildman–Crippen LogP) is 2.31. The Morgan fingerprint density at radius 2 is 2.64 bits per heavy atom. The lowest BCUT2D eigenvalue weighted by molar-refractivity contribution is 0.160. The second-order valence-electron chi connectivity index (χ2n) is 1.99. The van der Waals surface area contributed by atoms with E-state index < -0.39 is 0 Å². The number of hydrogen-bond acceptors (Lipinski definition) is 3. The van der Waals surface area contributed by atoms with E-state index in [9.17, 15) is 0 Å². The van der Waals surface area contributed by atoms with Crippen LogP contribution >= 0.6 is 11.3 Å². The molecule has 1 aromatic heterocycles. The molecule has 60 valence electrons. The van der Waals surface area contributed by atoms with Gasteiger partial charge in [0, 0.05) is 17.5 Å². The molecule has 0 atom stereocenters. The standard InChI is InChI=1S/C8H11NOS/c1-2-10-9-6-5-8-4-3-7-11-8/h3-4,6-7H,2,5H2,1H3. The number of rotatable bonds is 4. The lowest BCUT2D eigenvalue weighted by Gasteiger charge is -1.89. The van der Waals surface area contributed by atoms with Gasteiger partial charge in [-0.25, -0.2) is 0 Å². The zero-order valence-electron chi connectivity index (χ0n) is 6.49. The minimum Gasteiger partial charge on any atom is -0.396 e. The highest BCUT2D eigenvalue weighted by Gasteiger charge is 1.87. The van der Waals surface area contributed by atoms with Crippen LogP contribution in [0.3, 0.4) is 0 Å². The molecule has 0 amide bonds. The highest BCUT2D eigenvalue weighted by molar-refractivity contribution is 7.10. The first-order valence-corrected chi connectivity index (χ1v) is 4.47. The van der Waals surface area contributed by atoms with Crippen LogP contribution in [-0.4, -0.2) is 12.8 Å². The Morgan fingerprint density at radius 1 is 1.73 bits per heavy atom. The summed E-state index contributed by atoms with van der Waals surface area (Å²) >= 11 is 1.73. The second kappa shape index (κ2) is 4.91. The lowest BCUT2D eigenvalue weighted by Crippen LogP contribution is -1.83. The normalized spacial score (nSPS) is 10.6.